The van der Waals surface area contributed by atoms with Crippen LogP contribution >= 0.6 is 0 Å². The molecule has 0 radical (unpaired) electrons. The highest BCUT2D eigenvalue weighted by molar-refractivity contribution is 7.90. The van der Waals surface area contributed by atoms with E-state index in [1.165, 1.54) is 8.99 Å². The Morgan fingerprint density at radius 1 is 1.42 bits per heavy atom. The molecule has 2 heterocycles. The Balaban J connectivity index is 2.26. The van der Waals surface area contributed by atoms with Crippen molar-refractivity contribution < 1.29 is 8.42 Å². The van der Waals surface area contributed by atoms with Crippen LogP contribution < -0.4 is 10.5 Å². The SMILES string of the molecule is Cc1nn(C)c(NS(=O)(=O)N2CCCCC2C)c1N. The fourth-order valence-corrected chi connectivity index (χ4v) is 3.96. The second-order valence-electron chi connectivity index (χ2n) is 5.03. The molecule has 1 aliphatic rings. The molecule has 1 aromatic heterocycles. The molecule has 1 fully saturated rings. The molecule has 7 nitrogen and oxygen atoms in total. The van der Waals surface area contributed by atoms with Crippen molar-refractivity contribution in [3.8, 4) is 0 Å². The summed E-state index contributed by atoms with van der Waals surface area (Å²) in [5.74, 6) is 0.329. The second-order valence-corrected chi connectivity index (χ2v) is 6.66. The van der Waals surface area contributed by atoms with E-state index >= 15 is 0 Å². The average Bonchev–Trinajstić information content (AvgIpc) is 2.56. The van der Waals surface area contributed by atoms with E-state index in [4.69, 9.17) is 5.73 Å². The molecule has 1 atom stereocenters. The van der Waals surface area contributed by atoms with Crippen molar-refractivity contribution in [2.75, 3.05) is 17.0 Å². The van der Waals surface area contributed by atoms with Gasteiger partial charge in [-0.25, -0.2) is 4.68 Å². The highest BCUT2D eigenvalue weighted by Crippen LogP contribution is 2.25. The Bertz CT molecular complexity index is 566. The van der Waals surface area contributed by atoms with Gasteiger partial charge in [-0.15, -0.1) is 0 Å². The maximum Gasteiger partial charge on any atom is 0.303 e. The zero-order valence-electron chi connectivity index (χ0n) is 11.5. The highest BCUT2D eigenvalue weighted by atomic mass is 32.2. The number of nitrogens with one attached hydrogen (secondary N) is 1. The predicted molar refractivity (Wildman–Crippen MR) is 74.9 cm³/mol. The summed E-state index contributed by atoms with van der Waals surface area (Å²) in [6, 6.07) is 0.0156. The molecular formula is C11H21N5O2S. The lowest BCUT2D eigenvalue weighted by Gasteiger charge is -2.32. The molecule has 8 heteroatoms. The first-order valence-electron chi connectivity index (χ1n) is 6.41. The lowest BCUT2D eigenvalue weighted by Crippen LogP contribution is -2.45. The zero-order valence-corrected chi connectivity index (χ0v) is 12.4. The Morgan fingerprint density at radius 2 is 2.11 bits per heavy atom. The Hall–Kier alpha value is -1.28. The van der Waals surface area contributed by atoms with Crippen molar-refractivity contribution >= 4 is 21.7 Å². The molecule has 1 aliphatic heterocycles. The van der Waals surface area contributed by atoms with Gasteiger partial charge in [-0.3, -0.25) is 4.72 Å². The summed E-state index contributed by atoms with van der Waals surface area (Å²) in [5, 5.41) is 4.11. The van der Waals surface area contributed by atoms with Crippen molar-refractivity contribution in [1.82, 2.24) is 14.1 Å². The summed E-state index contributed by atoms with van der Waals surface area (Å²) in [6.07, 6.45) is 2.85. The van der Waals surface area contributed by atoms with Crippen LogP contribution in [-0.2, 0) is 17.3 Å². The molecule has 2 rings (SSSR count). The maximum atomic E-state index is 12.4. The first-order valence-corrected chi connectivity index (χ1v) is 7.85. The van der Waals surface area contributed by atoms with Crippen LogP contribution in [0.3, 0.4) is 0 Å². The summed E-state index contributed by atoms with van der Waals surface area (Å²) in [6.45, 7) is 4.22. The summed E-state index contributed by atoms with van der Waals surface area (Å²) in [5.41, 5.74) is 6.83. The van der Waals surface area contributed by atoms with Crippen molar-refractivity contribution in [3.63, 3.8) is 0 Å². The molecule has 0 aliphatic carbocycles. The molecule has 0 bridgehead atoms. The molecule has 1 saturated heterocycles. The third-order valence-corrected chi connectivity index (χ3v) is 5.16. The van der Waals surface area contributed by atoms with Crippen molar-refractivity contribution in [1.29, 1.82) is 0 Å². The van der Waals surface area contributed by atoms with Crippen LogP contribution in [-0.4, -0.2) is 35.1 Å². The van der Waals surface area contributed by atoms with Crippen LogP contribution in [0.1, 0.15) is 31.9 Å². The van der Waals surface area contributed by atoms with Crippen LogP contribution in [0.2, 0.25) is 0 Å². The number of piperidine rings is 1. The van der Waals surface area contributed by atoms with E-state index in [1.807, 2.05) is 6.92 Å². The van der Waals surface area contributed by atoms with Crippen LogP contribution in [0.4, 0.5) is 11.5 Å². The zero-order chi connectivity index (χ0) is 14.2. The first kappa shape index (κ1) is 14.1. The van der Waals surface area contributed by atoms with Gasteiger partial charge in [-0.1, -0.05) is 6.42 Å². The quantitative estimate of drug-likeness (QED) is 0.861. The number of hydrogen-bond acceptors (Lipinski definition) is 4. The normalized spacial score (nSPS) is 21.5. The fraction of sp³-hybridized carbons (Fsp3) is 0.727. The number of nitrogens with two attached hydrogens (primary N) is 1. The van der Waals surface area contributed by atoms with Crippen molar-refractivity contribution in [2.45, 2.75) is 39.2 Å². The third-order valence-electron chi connectivity index (χ3n) is 3.54. The van der Waals surface area contributed by atoms with Crippen LogP contribution in [0.5, 0.6) is 0 Å². The second kappa shape index (κ2) is 5.01. The van der Waals surface area contributed by atoms with E-state index in [1.54, 1.807) is 14.0 Å². The van der Waals surface area contributed by atoms with Gasteiger partial charge < -0.3 is 5.73 Å². The van der Waals surface area contributed by atoms with Crippen LogP contribution in [0.25, 0.3) is 0 Å². The predicted octanol–water partition coefficient (Wildman–Crippen LogP) is 0.842. The number of anilines is 2. The van der Waals surface area contributed by atoms with Gasteiger partial charge in [0.15, 0.2) is 5.82 Å². The van der Waals surface area contributed by atoms with Crippen molar-refractivity contribution in [2.24, 2.45) is 7.05 Å². The summed E-state index contributed by atoms with van der Waals surface area (Å²) in [4.78, 5) is 0. The monoisotopic (exact) mass is 287 g/mol. The first-order chi connectivity index (χ1) is 8.83. The molecule has 1 unspecified atom stereocenters. The molecule has 0 aromatic carbocycles. The van der Waals surface area contributed by atoms with Crippen LogP contribution in [0.15, 0.2) is 0 Å². The van der Waals surface area contributed by atoms with E-state index < -0.39 is 10.2 Å². The molecule has 19 heavy (non-hydrogen) atoms. The number of nitrogens with zero attached hydrogens (tertiary/aromatic N) is 3. The summed E-state index contributed by atoms with van der Waals surface area (Å²) >= 11 is 0. The number of nitrogen functional groups attached to an aromatic ring is 1. The third kappa shape index (κ3) is 2.69. The molecular weight excluding hydrogens is 266 g/mol. The van der Waals surface area contributed by atoms with Gasteiger partial charge in [-0.05, 0) is 26.7 Å². The standard InChI is InChI=1S/C11H21N5O2S/c1-8-6-4-5-7-16(8)19(17,18)14-11-10(12)9(2)13-15(11)3/h8,14H,4-7,12H2,1-3H3. The summed E-state index contributed by atoms with van der Waals surface area (Å²) in [7, 11) is -1.91. The molecule has 0 amide bonds. The van der Waals surface area contributed by atoms with E-state index in [0.717, 1.165) is 19.3 Å². The maximum absolute atomic E-state index is 12.4. The van der Waals surface area contributed by atoms with Crippen molar-refractivity contribution in [3.05, 3.63) is 5.69 Å². The Kier molecular flexibility index (Phi) is 3.73. The topological polar surface area (TPSA) is 93.2 Å². The Labute approximate surface area is 113 Å². The largest absolute Gasteiger partial charge is 0.394 e. The fourth-order valence-electron chi connectivity index (χ4n) is 2.41. The minimum Gasteiger partial charge on any atom is -0.394 e. The van der Waals surface area contributed by atoms with Gasteiger partial charge in [0.1, 0.15) is 0 Å². The minimum absolute atomic E-state index is 0.0156. The number of rotatable bonds is 3. The lowest BCUT2D eigenvalue weighted by molar-refractivity contribution is 0.270. The van der Waals surface area contributed by atoms with Gasteiger partial charge in [0.25, 0.3) is 0 Å². The molecule has 108 valence electrons. The highest BCUT2D eigenvalue weighted by Gasteiger charge is 2.30. The Morgan fingerprint density at radius 3 is 2.63 bits per heavy atom. The molecule has 1 aromatic rings. The van der Waals surface area contributed by atoms with Gasteiger partial charge >= 0.3 is 10.2 Å². The number of aryl methyl sites for hydroxylation is 2. The number of aromatic nitrogens is 2. The van der Waals surface area contributed by atoms with E-state index in [-0.39, 0.29) is 6.04 Å². The smallest absolute Gasteiger partial charge is 0.303 e. The van der Waals surface area contributed by atoms with E-state index in [2.05, 4.69) is 9.82 Å². The van der Waals surface area contributed by atoms with Gasteiger partial charge in [-0.2, -0.15) is 17.8 Å². The minimum atomic E-state index is -3.57. The molecule has 3 N–H and O–H groups in total. The van der Waals surface area contributed by atoms with Gasteiger partial charge in [0, 0.05) is 19.6 Å². The van der Waals surface area contributed by atoms with E-state index in [9.17, 15) is 8.42 Å². The van der Waals surface area contributed by atoms with Crippen LogP contribution in [0, 0.1) is 6.92 Å². The lowest BCUT2D eigenvalue weighted by atomic mass is 10.1. The summed E-state index contributed by atoms with van der Waals surface area (Å²) < 4.78 is 30.3. The molecule has 0 spiro atoms. The molecule has 0 saturated carbocycles. The van der Waals surface area contributed by atoms with Gasteiger partial charge in [0.2, 0.25) is 0 Å². The van der Waals surface area contributed by atoms with Gasteiger partial charge in [0.05, 0.1) is 11.4 Å². The average molecular weight is 287 g/mol. The van der Waals surface area contributed by atoms with E-state index in [0.29, 0.717) is 23.7 Å². The number of hydrogen-bond donors (Lipinski definition) is 2.